The van der Waals surface area contributed by atoms with Crippen molar-refractivity contribution in [3.05, 3.63) is 29.3 Å². The highest BCUT2D eigenvalue weighted by molar-refractivity contribution is 7.89. The van der Waals surface area contributed by atoms with Crippen LogP contribution in [0.2, 0.25) is 0 Å². The summed E-state index contributed by atoms with van der Waals surface area (Å²) in [7, 11) is -3.79. The van der Waals surface area contributed by atoms with Crippen molar-refractivity contribution in [1.29, 1.82) is 0 Å². The maximum Gasteiger partial charge on any atom is 0.407 e. The standard InChI is InChI=1S/C20H30N4O6S/c1-15-11-16(2)13-17(12-15)22-7-9-24(10-8-22)31(29,30)14-20(18(25)21-28)3-5-23(6-4-20)19(26)27/h11-13,28H,3-10,14H2,1-2H3,(H,21,25)(H,26,27). The largest absolute Gasteiger partial charge is 0.465 e. The van der Waals surface area contributed by atoms with Crippen molar-refractivity contribution in [2.24, 2.45) is 5.41 Å². The minimum atomic E-state index is -3.79. The van der Waals surface area contributed by atoms with Crippen LogP contribution in [0.4, 0.5) is 10.5 Å². The summed E-state index contributed by atoms with van der Waals surface area (Å²) in [4.78, 5) is 26.9. The third-order valence-corrected chi connectivity index (χ3v) is 8.31. The topological polar surface area (TPSA) is 130 Å². The molecule has 3 N–H and O–H groups in total. The van der Waals surface area contributed by atoms with Gasteiger partial charge in [0.1, 0.15) is 0 Å². The smallest absolute Gasteiger partial charge is 0.407 e. The number of sulfonamides is 1. The van der Waals surface area contributed by atoms with Crippen LogP contribution in [0.1, 0.15) is 24.0 Å². The second-order valence-electron chi connectivity index (χ2n) is 8.48. The lowest BCUT2D eigenvalue weighted by Crippen LogP contribution is -2.56. The SMILES string of the molecule is Cc1cc(C)cc(N2CCN(S(=O)(=O)CC3(C(=O)NO)CCN(C(=O)O)CC3)CC2)c1. The third-order valence-electron chi connectivity index (χ3n) is 6.24. The predicted molar refractivity (Wildman–Crippen MR) is 115 cm³/mol. The van der Waals surface area contributed by atoms with Gasteiger partial charge in [-0.2, -0.15) is 4.31 Å². The molecule has 2 aliphatic rings. The number of hydroxylamine groups is 1. The zero-order chi connectivity index (χ0) is 22.8. The van der Waals surface area contributed by atoms with Gasteiger partial charge in [-0.3, -0.25) is 10.0 Å². The number of piperidine rings is 1. The molecule has 2 fully saturated rings. The van der Waals surface area contributed by atoms with Gasteiger partial charge >= 0.3 is 6.09 Å². The van der Waals surface area contributed by atoms with Gasteiger partial charge in [0.15, 0.2) is 0 Å². The highest BCUT2D eigenvalue weighted by Gasteiger charge is 2.47. The molecule has 0 spiro atoms. The van der Waals surface area contributed by atoms with E-state index in [1.54, 1.807) is 5.48 Å². The van der Waals surface area contributed by atoms with E-state index in [-0.39, 0.29) is 25.9 Å². The van der Waals surface area contributed by atoms with E-state index in [0.717, 1.165) is 21.7 Å². The zero-order valence-electron chi connectivity index (χ0n) is 17.9. The van der Waals surface area contributed by atoms with Crippen LogP contribution in [0.15, 0.2) is 18.2 Å². The Balaban J connectivity index is 1.69. The Labute approximate surface area is 182 Å². The van der Waals surface area contributed by atoms with Gasteiger partial charge in [0.05, 0.1) is 11.2 Å². The minimum Gasteiger partial charge on any atom is -0.465 e. The molecule has 0 bridgehead atoms. The van der Waals surface area contributed by atoms with Gasteiger partial charge in [0.2, 0.25) is 10.0 Å². The van der Waals surface area contributed by atoms with Gasteiger partial charge in [-0.15, -0.1) is 0 Å². The molecule has 3 rings (SSSR count). The molecule has 11 heteroatoms. The zero-order valence-corrected chi connectivity index (χ0v) is 18.7. The number of nitrogens with one attached hydrogen (secondary N) is 1. The molecule has 2 saturated heterocycles. The van der Waals surface area contributed by atoms with Crippen molar-refractivity contribution in [2.45, 2.75) is 26.7 Å². The number of piperazine rings is 1. The second-order valence-corrected chi connectivity index (χ2v) is 10.4. The molecule has 0 aliphatic carbocycles. The Bertz CT molecular complexity index is 915. The maximum atomic E-state index is 13.2. The fraction of sp³-hybridized carbons (Fsp3) is 0.600. The quantitative estimate of drug-likeness (QED) is 0.447. The lowest BCUT2D eigenvalue weighted by Gasteiger charge is -2.41. The molecule has 0 unspecified atom stereocenters. The number of hydrogen-bond acceptors (Lipinski definition) is 6. The number of carboxylic acid groups (broad SMARTS) is 1. The Morgan fingerprint density at radius 3 is 2.03 bits per heavy atom. The molecule has 172 valence electrons. The molecule has 2 heterocycles. The number of hydrogen-bond donors (Lipinski definition) is 3. The summed E-state index contributed by atoms with van der Waals surface area (Å²) in [6, 6.07) is 6.24. The van der Waals surface area contributed by atoms with E-state index in [1.165, 1.54) is 4.31 Å². The summed E-state index contributed by atoms with van der Waals surface area (Å²) in [5.74, 6) is -1.24. The lowest BCUT2D eigenvalue weighted by molar-refractivity contribution is -0.141. The second kappa shape index (κ2) is 9.01. The fourth-order valence-corrected chi connectivity index (χ4v) is 6.50. The molecule has 10 nitrogen and oxygen atoms in total. The van der Waals surface area contributed by atoms with Crippen LogP contribution in [-0.4, -0.2) is 85.0 Å². The molecule has 1 aromatic rings. The van der Waals surface area contributed by atoms with Gasteiger partial charge in [-0.1, -0.05) is 6.07 Å². The van der Waals surface area contributed by atoms with Crippen molar-refractivity contribution in [1.82, 2.24) is 14.7 Å². The summed E-state index contributed by atoms with van der Waals surface area (Å²) in [5, 5.41) is 18.3. The Morgan fingerprint density at radius 2 is 1.55 bits per heavy atom. The maximum absolute atomic E-state index is 13.2. The average molecular weight is 455 g/mol. The van der Waals surface area contributed by atoms with Crippen LogP contribution in [0, 0.1) is 19.3 Å². The fourth-order valence-electron chi connectivity index (χ4n) is 4.48. The van der Waals surface area contributed by atoms with Crippen molar-refractivity contribution in [3.8, 4) is 0 Å². The van der Waals surface area contributed by atoms with Gasteiger partial charge in [-0.05, 0) is 49.9 Å². The minimum absolute atomic E-state index is 0.0352. The van der Waals surface area contributed by atoms with E-state index in [0.29, 0.717) is 26.2 Å². The highest BCUT2D eigenvalue weighted by atomic mass is 32.2. The van der Waals surface area contributed by atoms with Crippen LogP contribution in [0.25, 0.3) is 0 Å². The summed E-state index contributed by atoms with van der Waals surface area (Å²) < 4.78 is 27.7. The van der Waals surface area contributed by atoms with Crippen LogP contribution >= 0.6 is 0 Å². The number of carbonyl (C=O) groups is 2. The number of anilines is 1. The van der Waals surface area contributed by atoms with Gasteiger partial charge in [0.25, 0.3) is 5.91 Å². The van der Waals surface area contributed by atoms with Gasteiger partial charge < -0.3 is 14.9 Å². The number of benzene rings is 1. The number of aryl methyl sites for hydroxylation is 2. The Morgan fingerprint density at radius 1 is 1.00 bits per heavy atom. The number of likely N-dealkylation sites (tertiary alicyclic amines) is 1. The first-order valence-electron chi connectivity index (χ1n) is 10.3. The summed E-state index contributed by atoms with van der Waals surface area (Å²) >= 11 is 0. The summed E-state index contributed by atoms with van der Waals surface area (Å²) in [6.07, 6.45) is -1.04. The van der Waals surface area contributed by atoms with Crippen LogP contribution in [0.5, 0.6) is 0 Å². The van der Waals surface area contributed by atoms with E-state index >= 15 is 0 Å². The van der Waals surface area contributed by atoms with Crippen molar-refractivity contribution < 1.29 is 28.3 Å². The predicted octanol–water partition coefficient (Wildman–Crippen LogP) is 1.02. The van der Waals surface area contributed by atoms with Gasteiger partial charge in [0, 0.05) is 45.0 Å². The number of nitrogens with zero attached hydrogens (tertiary/aromatic N) is 3. The van der Waals surface area contributed by atoms with E-state index in [4.69, 9.17) is 5.11 Å². The molecule has 0 aromatic heterocycles. The van der Waals surface area contributed by atoms with Crippen LogP contribution in [0.3, 0.4) is 0 Å². The first kappa shape index (κ1) is 23.3. The molecule has 0 saturated carbocycles. The molecule has 2 aliphatic heterocycles. The third kappa shape index (κ3) is 5.10. The summed E-state index contributed by atoms with van der Waals surface area (Å²) in [5.41, 5.74) is 3.59. The molecule has 1 aromatic carbocycles. The molecule has 0 atom stereocenters. The van der Waals surface area contributed by atoms with E-state index in [1.807, 2.05) is 13.8 Å². The highest BCUT2D eigenvalue weighted by Crippen LogP contribution is 2.35. The normalized spacial score (nSPS) is 19.8. The summed E-state index contributed by atoms with van der Waals surface area (Å²) in [6.45, 7) is 5.80. The monoisotopic (exact) mass is 454 g/mol. The molecule has 31 heavy (non-hydrogen) atoms. The van der Waals surface area contributed by atoms with Gasteiger partial charge in [-0.25, -0.2) is 18.7 Å². The molecular formula is C20H30N4O6S. The Hall–Kier alpha value is -2.37. The average Bonchev–Trinajstić information content (AvgIpc) is 2.72. The molecular weight excluding hydrogens is 424 g/mol. The van der Waals surface area contributed by atoms with Crippen LogP contribution < -0.4 is 10.4 Å². The van der Waals surface area contributed by atoms with Crippen molar-refractivity contribution in [2.75, 3.05) is 49.9 Å². The number of amides is 2. The Kier molecular flexibility index (Phi) is 6.77. The van der Waals surface area contributed by atoms with Crippen molar-refractivity contribution in [3.63, 3.8) is 0 Å². The van der Waals surface area contributed by atoms with Crippen molar-refractivity contribution >= 4 is 27.7 Å². The molecule has 2 amide bonds. The van der Waals surface area contributed by atoms with Crippen LogP contribution in [-0.2, 0) is 14.8 Å². The lowest BCUT2D eigenvalue weighted by atomic mass is 9.79. The molecule has 0 radical (unpaired) electrons. The first-order valence-corrected chi connectivity index (χ1v) is 11.9. The van der Waals surface area contributed by atoms with E-state index in [9.17, 15) is 23.2 Å². The van der Waals surface area contributed by atoms with E-state index in [2.05, 4.69) is 23.1 Å². The van der Waals surface area contributed by atoms with E-state index < -0.39 is 33.2 Å². The number of carbonyl (C=O) groups excluding carboxylic acids is 1. The first-order chi connectivity index (χ1) is 14.6. The number of rotatable bonds is 5.